The van der Waals surface area contributed by atoms with Crippen LogP contribution in [0.25, 0.3) is 0 Å². The fourth-order valence-electron chi connectivity index (χ4n) is 1.31. The zero-order valence-corrected chi connectivity index (χ0v) is 10.1. The van der Waals surface area contributed by atoms with E-state index >= 15 is 0 Å². The maximum atomic E-state index is 13.1. The molecule has 0 aliphatic rings. The van der Waals surface area contributed by atoms with Crippen molar-refractivity contribution in [2.24, 2.45) is 0 Å². The number of nitrogen functional groups attached to an aromatic ring is 1. The fourth-order valence-corrected chi connectivity index (χ4v) is 1.31. The van der Waals surface area contributed by atoms with Gasteiger partial charge in [0, 0.05) is 32.4 Å². The second kappa shape index (κ2) is 4.87. The zero-order chi connectivity index (χ0) is 13.1. The molecule has 0 spiro atoms. The number of aromatic nitrogens is 2. The van der Waals surface area contributed by atoms with Crippen LogP contribution in [0.5, 0.6) is 11.6 Å². The van der Waals surface area contributed by atoms with Crippen LogP contribution in [0.15, 0.2) is 30.5 Å². The normalized spacial score (nSPS) is 10.2. The van der Waals surface area contributed by atoms with Gasteiger partial charge in [0.1, 0.15) is 5.82 Å². The summed E-state index contributed by atoms with van der Waals surface area (Å²) in [6, 6.07) is 5.51. The van der Waals surface area contributed by atoms with Crippen molar-refractivity contribution in [3.05, 3.63) is 36.3 Å². The van der Waals surface area contributed by atoms with Crippen LogP contribution in [-0.2, 0) is 0 Å². The van der Waals surface area contributed by atoms with Crippen molar-refractivity contribution in [1.29, 1.82) is 0 Å². The van der Waals surface area contributed by atoms with Crippen molar-refractivity contribution in [3.8, 4) is 11.6 Å². The van der Waals surface area contributed by atoms with Gasteiger partial charge in [0.05, 0.1) is 5.69 Å². The van der Waals surface area contributed by atoms with Crippen LogP contribution in [0.4, 0.5) is 16.0 Å². The Morgan fingerprint density at radius 2 is 2.06 bits per heavy atom. The van der Waals surface area contributed by atoms with Crippen molar-refractivity contribution in [3.63, 3.8) is 0 Å². The van der Waals surface area contributed by atoms with Crippen LogP contribution >= 0.6 is 0 Å². The van der Waals surface area contributed by atoms with E-state index in [4.69, 9.17) is 10.5 Å². The predicted molar refractivity (Wildman–Crippen MR) is 67.2 cm³/mol. The number of anilines is 2. The van der Waals surface area contributed by atoms with E-state index in [9.17, 15) is 4.39 Å². The third-order valence-corrected chi connectivity index (χ3v) is 2.21. The van der Waals surface area contributed by atoms with Gasteiger partial charge in [-0.2, -0.15) is 4.98 Å². The summed E-state index contributed by atoms with van der Waals surface area (Å²) < 4.78 is 18.5. The van der Waals surface area contributed by atoms with E-state index < -0.39 is 5.82 Å². The van der Waals surface area contributed by atoms with Crippen LogP contribution in [0.2, 0.25) is 0 Å². The second-order valence-electron chi connectivity index (χ2n) is 3.87. The summed E-state index contributed by atoms with van der Waals surface area (Å²) in [6.45, 7) is 0. The van der Waals surface area contributed by atoms with Gasteiger partial charge >= 0.3 is 0 Å². The number of nitrogens with two attached hydrogens (primary N) is 1. The molecular formula is C12H13FN4O. The lowest BCUT2D eigenvalue weighted by molar-refractivity contribution is 0.459. The summed E-state index contributed by atoms with van der Waals surface area (Å²) in [4.78, 5) is 9.94. The minimum atomic E-state index is -0.416. The topological polar surface area (TPSA) is 64.3 Å². The van der Waals surface area contributed by atoms with Crippen molar-refractivity contribution in [2.45, 2.75) is 0 Å². The molecule has 2 aromatic rings. The van der Waals surface area contributed by atoms with E-state index in [1.54, 1.807) is 17.2 Å². The van der Waals surface area contributed by atoms with Crippen molar-refractivity contribution < 1.29 is 9.13 Å². The third kappa shape index (κ3) is 2.65. The Labute approximate surface area is 104 Å². The Morgan fingerprint density at radius 3 is 2.78 bits per heavy atom. The van der Waals surface area contributed by atoms with E-state index in [0.717, 1.165) is 0 Å². The Kier molecular flexibility index (Phi) is 3.27. The number of hydrogen-bond acceptors (Lipinski definition) is 5. The second-order valence-corrected chi connectivity index (χ2v) is 3.87. The lowest BCUT2D eigenvalue weighted by Gasteiger charge is -2.12. The number of rotatable bonds is 3. The van der Waals surface area contributed by atoms with Crippen LogP contribution < -0.4 is 15.4 Å². The van der Waals surface area contributed by atoms with Gasteiger partial charge in [-0.15, -0.1) is 0 Å². The lowest BCUT2D eigenvalue weighted by Crippen LogP contribution is -2.12. The Hall–Kier alpha value is -2.37. The van der Waals surface area contributed by atoms with E-state index in [2.05, 4.69) is 9.97 Å². The van der Waals surface area contributed by atoms with Gasteiger partial charge in [-0.3, -0.25) is 0 Å². The van der Waals surface area contributed by atoms with E-state index in [1.165, 1.54) is 18.2 Å². The summed E-state index contributed by atoms with van der Waals surface area (Å²) in [5, 5.41) is 0. The van der Waals surface area contributed by atoms with Crippen molar-refractivity contribution in [2.75, 3.05) is 24.7 Å². The average Bonchev–Trinajstić information content (AvgIpc) is 2.34. The van der Waals surface area contributed by atoms with Gasteiger partial charge in [0.2, 0.25) is 11.8 Å². The van der Waals surface area contributed by atoms with Crippen LogP contribution in [-0.4, -0.2) is 24.1 Å². The van der Waals surface area contributed by atoms with Crippen molar-refractivity contribution >= 4 is 11.6 Å². The molecule has 1 aromatic carbocycles. The summed E-state index contributed by atoms with van der Waals surface area (Å²) in [5.41, 5.74) is 6.04. The minimum absolute atomic E-state index is 0.235. The van der Waals surface area contributed by atoms with E-state index in [0.29, 0.717) is 17.5 Å². The summed E-state index contributed by atoms with van der Waals surface area (Å²) in [6.07, 6.45) is 1.56. The fraction of sp³-hybridized carbons (Fsp3) is 0.167. The van der Waals surface area contributed by atoms with Gasteiger partial charge in [-0.25, -0.2) is 9.37 Å². The lowest BCUT2D eigenvalue weighted by atomic mass is 10.3. The molecule has 0 amide bonds. The largest absolute Gasteiger partial charge is 0.437 e. The highest BCUT2D eigenvalue weighted by atomic mass is 19.1. The SMILES string of the molecule is CN(C)c1nccc(Oc2cc(F)ccc2N)n1. The molecule has 0 bridgehead atoms. The average molecular weight is 248 g/mol. The van der Waals surface area contributed by atoms with Crippen LogP contribution in [0.3, 0.4) is 0 Å². The van der Waals surface area contributed by atoms with Gasteiger partial charge in [-0.05, 0) is 12.1 Å². The molecule has 0 unspecified atom stereocenters. The first-order chi connectivity index (χ1) is 8.56. The first-order valence-electron chi connectivity index (χ1n) is 5.29. The molecule has 0 aliphatic heterocycles. The third-order valence-electron chi connectivity index (χ3n) is 2.21. The van der Waals surface area contributed by atoms with E-state index in [-0.39, 0.29) is 5.75 Å². The highest BCUT2D eigenvalue weighted by Crippen LogP contribution is 2.27. The van der Waals surface area contributed by atoms with Gasteiger partial charge in [0.25, 0.3) is 0 Å². The van der Waals surface area contributed by atoms with Crippen molar-refractivity contribution in [1.82, 2.24) is 9.97 Å². The van der Waals surface area contributed by atoms with Gasteiger partial charge in [-0.1, -0.05) is 0 Å². The molecule has 0 saturated heterocycles. The maximum Gasteiger partial charge on any atom is 0.228 e. The molecule has 0 atom stereocenters. The molecule has 2 rings (SSSR count). The molecule has 1 heterocycles. The number of hydrogen-bond donors (Lipinski definition) is 1. The highest BCUT2D eigenvalue weighted by molar-refractivity contribution is 5.53. The highest BCUT2D eigenvalue weighted by Gasteiger charge is 2.07. The molecule has 2 N–H and O–H groups in total. The maximum absolute atomic E-state index is 13.1. The standard InChI is InChI=1S/C12H13FN4O/c1-17(2)12-15-6-5-11(16-12)18-10-7-8(13)3-4-9(10)14/h3-7H,14H2,1-2H3. The monoisotopic (exact) mass is 248 g/mol. The molecule has 94 valence electrons. The van der Waals surface area contributed by atoms with Crippen LogP contribution in [0, 0.1) is 5.82 Å². The number of benzene rings is 1. The Bertz CT molecular complexity index is 560. The molecule has 0 radical (unpaired) electrons. The minimum Gasteiger partial charge on any atom is -0.437 e. The molecule has 0 aliphatic carbocycles. The zero-order valence-electron chi connectivity index (χ0n) is 10.1. The number of nitrogens with zero attached hydrogens (tertiary/aromatic N) is 3. The summed E-state index contributed by atoms with van der Waals surface area (Å²) in [5.74, 6) is 0.632. The predicted octanol–water partition coefficient (Wildman–Crippen LogP) is 2.06. The quantitative estimate of drug-likeness (QED) is 0.842. The van der Waals surface area contributed by atoms with E-state index in [1.807, 2.05) is 14.1 Å². The molecule has 0 saturated carbocycles. The number of halogens is 1. The van der Waals surface area contributed by atoms with Gasteiger partial charge < -0.3 is 15.4 Å². The molecule has 5 nitrogen and oxygen atoms in total. The van der Waals surface area contributed by atoms with Crippen LogP contribution in [0.1, 0.15) is 0 Å². The summed E-state index contributed by atoms with van der Waals surface area (Å²) >= 11 is 0. The first kappa shape index (κ1) is 12.1. The molecule has 0 fully saturated rings. The Morgan fingerprint density at radius 1 is 1.28 bits per heavy atom. The molecule has 6 heteroatoms. The molecule has 18 heavy (non-hydrogen) atoms. The summed E-state index contributed by atoms with van der Waals surface area (Å²) in [7, 11) is 3.63. The van der Waals surface area contributed by atoms with Gasteiger partial charge in [0.15, 0.2) is 5.75 Å². The molecular weight excluding hydrogens is 235 g/mol. The smallest absolute Gasteiger partial charge is 0.228 e. The molecule has 1 aromatic heterocycles. The first-order valence-corrected chi connectivity index (χ1v) is 5.29. The number of ether oxygens (including phenoxy) is 1. The Balaban J connectivity index is 2.28.